The zero-order valence-electron chi connectivity index (χ0n) is 18.8. The zero-order chi connectivity index (χ0) is 23.4. The van der Waals surface area contributed by atoms with Gasteiger partial charge in [-0.1, -0.05) is 30.3 Å². The van der Waals surface area contributed by atoms with Crippen molar-refractivity contribution in [2.45, 2.75) is 27.3 Å². The van der Waals surface area contributed by atoms with Gasteiger partial charge >= 0.3 is 0 Å². The van der Waals surface area contributed by atoms with Gasteiger partial charge in [-0.05, 0) is 55.2 Å². The summed E-state index contributed by atoms with van der Waals surface area (Å²) in [5.74, 6) is 1.83. The van der Waals surface area contributed by atoms with Gasteiger partial charge in [-0.2, -0.15) is 5.26 Å². The first-order valence-corrected chi connectivity index (χ1v) is 10.5. The lowest BCUT2D eigenvalue weighted by Crippen LogP contribution is -2.05. The molecule has 4 aromatic rings. The van der Waals surface area contributed by atoms with Crippen LogP contribution in [0.4, 0.5) is 11.6 Å². The van der Waals surface area contributed by atoms with E-state index in [1.807, 2.05) is 32.9 Å². The number of benzene rings is 1. The summed E-state index contributed by atoms with van der Waals surface area (Å²) in [4.78, 5) is 12.9. The second kappa shape index (κ2) is 9.37. The number of nitriles is 1. The number of allylic oxidation sites excluding steroid dienone is 1. The van der Waals surface area contributed by atoms with E-state index in [1.165, 1.54) is 6.33 Å². The molecule has 164 valence electrons. The van der Waals surface area contributed by atoms with Crippen molar-refractivity contribution in [1.29, 1.82) is 5.26 Å². The van der Waals surface area contributed by atoms with E-state index in [0.717, 1.165) is 39.1 Å². The first-order valence-electron chi connectivity index (χ1n) is 10.5. The molecule has 7 nitrogen and oxygen atoms in total. The maximum Gasteiger partial charge on any atom is 0.140 e. The molecule has 3 aromatic heterocycles. The number of aryl methyl sites for hydroxylation is 2. The maximum absolute atomic E-state index is 9.27. The molecule has 4 rings (SSSR count). The number of furan rings is 1. The standard InChI is InChI=1S/C26H24N6O/c1-4-21(23-17(3)31-15-32-25(23)28)20-7-5-18(6-8-20)13-29-26-22(11-19(12-27)14-30-26)24-16(2)9-10-33-24/h4-11,14-15H,13H2,1-3H3,(H,29,30)(H2,28,31,32)/b21-4-. The molecule has 0 unspecified atom stereocenters. The molecule has 3 N–H and O–H groups in total. The molecule has 33 heavy (non-hydrogen) atoms. The van der Waals surface area contributed by atoms with Gasteiger partial charge in [0.1, 0.15) is 29.8 Å². The minimum atomic E-state index is 0.467. The van der Waals surface area contributed by atoms with Crippen LogP contribution in [-0.2, 0) is 6.54 Å². The van der Waals surface area contributed by atoms with Gasteiger partial charge in [0.25, 0.3) is 0 Å². The highest BCUT2D eigenvalue weighted by atomic mass is 16.3. The maximum atomic E-state index is 9.27. The molecule has 0 bridgehead atoms. The molecule has 0 saturated heterocycles. The van der Waals surface area contributed by atoms with Crippen LogP contribution in [0.25, 0.3) is 16.9 Å². The van der Waals surface area contributed by atoms with Crippen LogP contribution >= 0.6 is 0 Å². The zero-order valence-corrected chi connectivity index (χ0v) is 18.8. The summed E-state index contributed by atoms with van der Waals surface area (Å²) < 4.78 is 5.64. The number of nitrogens with zero attached hydrogens (tertiary/aromatic N) is 4. The fourth-order valence-electron chi connectivity index (χ4n) is 3.76. The molecule has 1 aromatic carbocycles. The Kier molecular flexibility index (Phi) is 6.18. The lowest BCUT2D eigenvalue weighted by Gasteiger charge is -2.14. The number of pyridine rings is 1. The normalized spacial score (nSPS) is 11.3. The van der Waals surface area contributed by atoms with E-state index >= 15 is 0 Å². The van der Waals surface area contributed by atoms with E-state index in [0.29, 0.717) is 29.5 Å². The topological polar surface area (TPSA) is 114 Å². The molecule has 0 amide bonds. The molecule has 0 aliphatic heterocycles. The van der Waals surface area contributed by atoms with E-state index in [1.54, 1.807) is 18.5 Å². The van der Waals surface area contributed by atoms with Crippen molar-refractivity contribution in [3.05, 3.63) is 94.8 Å². The summed E-state index contributed by atoms with van der Waals surface area (Å²) >= 11 is 0. The second-order valence-electron chi connectivity index (χ2n) is 7.64. The molecular weight excluding hydrogens is 412 g/mol. The Morgan fingerprint density at radius 1 is 1.15 bits per heavy atom. The van der Waals surface area contributed by atoms with E-state index in [-0.39, 0.29) is 0 Å². The van der Waals surface area contributed by atoms with Crippen molar-refractivity contribution in [2.24, 2.45) is 0 Å². The van der Waals surface area contributed by atoms with E-state index in [9.17, 15) is 5.26 Å². The summed E-state index contributed by atoms with van der Waals surface area (Å²) in [5, 5.41) is 12.6. The Hall–Kier alpha value is -4.44. The van der Waals surface area contributed by atoms with Crippen LogP contribution in [0.3, 0.4) is 0 Å². The third-order valence-corrected chi connectivity index (χ3v) is 5.47. The first-order chi connectivity index (χ1) is 16.0. The molecule has 7 heteroatoms. The Bertz CT molecular complexity index is 1340. The first kappa shape index (κ1) is 21.8. The molecule has 0 aliphatic rings. The summed E-state index contributed by atoms with van der Waals surface area (Å²) in [5.41, 5.74) is 13.2. The van der Waals surface area contributed by atoms with E-state index in [4.69, 9.17) is 10.2 Å². The summed E-state index contributed by atoms with van der Waals surface area (Å²) in [7, 11) is 0. The highest BCUT2D eigenvalue weighted by Crippen LogP contribution is 2.32. The van der Waals surface area contributed by atoms with Gasteiger partial charge in [0.05, 0.1) is 23.1 Å². The van der Waals surface area contributed by atoms with Crippen LogP contribution in [0.1, 0.15) is 40.4 Å². The number of rotatable bonds is 6. The van der Waals surface area contributed by atoms with Gasteiger partial charge in [-0.15, -0.1) is 0 Å². The van der Waals surface area contributed by atoms with Crippen molar-refractivity contribution >= 4 is 17.2 Å². The van der Waals surface area contributed by atoms with Crippen molar-refractivity contribution in [1.82, 2.24) is 15.0 Å². The third-order valence-electron chi connectivity index (χ3n) is 5.47. The fourth-order valence-corrected chi connectivity index (χ4v) is 3.76. The molecule has 0 fully saturated rings. The van der Waals surface area contributed by atoms with Crippen LogP contribution < -0.4 is 11.1 Å². The van der Waals surface area contributed by atoms with Crippen LogP contribution in [0.5, 0.6) is 0 Å². The van der Waals surface area contributed by atoms with Gasteiger partial charge in [0.2, 0.25) is 0 Å². The fraction of sp³-hybridized carbons (Fsp3) is 0.154. The minimum Gasteiger partial charge on any atom is -0.464 e. The molecular formula is C26H24N6O. The number of hydrogen-bond acceptors (Lipinski definition) is 7. The molecule has 0 spiro atoms. The van der Waals surface area contributed by atoms with E-state index in [2.05, 4.69) is 50.6 Å². The largest absolute Gasteiger partial charge is 0.464 e. The van der Waals surface area contributed by atoms with Gasteiger partial charge in [0.15, 0.2) is 0 Å². The van der Waals surface area contributed by atoms with Crippen LogP contribution in [0.15, 0.2) is 65.7 Å². The smallest absolute Gasteiger partial charge is 0.140 e. The van der Waals surface area contributed by atoms with E-state index < -0.39 is 0 Å². The van der Waals surface area contributed by atoms with Crippen LogP contribution in [-0.4, -0.2) is 15.0 Å². The summed E-state index contributed by atoms with van der Waals surface area (Å²) in [6.07, 6.45) is 6.69. The van der Waals surface area contributed by atoms with Crippen LogP contribution in [0, 0.1) is 25.2 Å². The van der Waals surface area contributed by atoms with Crippen LogP contribution in [0.2, 0.25) is 0 Å². The Morgan fingerprint density at radius 2 is 1.94 bits per heavy atom. The predicted molar refractivity (Wildman–Crippen MR) is 129 cm³/mol. The molecule has 0 atom stereocenters. The lowest BCUT2D eigenvalue weighted by atomic mass is 9.96. The predicted octanol–water partition coefficient (Wildman–Crippen LogP) is 5.27. The molecule has 0 radical (unpaired) electrons. The van der Waals surface area contributed by atoms with Gasteiger partial charge in [0, 0.05) is 18.3 Å². The summed E-state index contributed by atoms with van der Waals surface area (Å²) in [6, 6.07) is 14.0. The SMILES string of the molecule is C/C=C(/c1ccc(CNc2ncc(C#N)cc2-c2occc2C)cc1)c1c(C)ncnc1N. The Balaban J connectivity index is 1.57. The number of hydrogen-bond donors (Lipinski definition) is 2. The Labute approximate surface area is 192 Å². The average molecular weight is 437 g/mol. The molecule has 0 aliphatic carbocycles. The molecule has 3 heterocycles. The van der Waals surface area contributed by atoms with Gasteiger partial charge in [-0.3, -0.25) is 0 Å². The average Bonchev–Trinajstić information content (AvgIpc) is 3.26. The summed E-state index contributed by atoms with van der Waals surface area (Å²) in [6.45, 7) is 6.43. The Morgan fingerprint density at radius 3 is 2.58 bits per heavy atom. The van der Waals surface area contributed by atoms with Gasteiger partial charge < -0.3 is 15.5 Å². The monoisotopic (exact) mass is 436 g/mol. The van der Waals surface area contributed by atoms with Crippen molar-refractivity contribution in [2.75, 3.05) is 11.1 Å². The second-order valence-corrected chi connectivity index (χ2v) is 7.64. The highest BCUT2D eigenvalue weighted by molar-refractivity contribution is 5.85. The lowest BCUT2D eigenvalue weighted by molar-refractivity contribution is 0.580. The van der Waals surface area contributed by atoms with Crippen molar-refractivity contribution in [3.63, 3.8) is 0 Å². The number of aromatic nitrogens is 3. The number of nitrogens with two attached hydrogens (primary N) is 1. The number of nitrogen functional groups attached to an aromatic ring is 1. The number of nitrogens with one attached hydrogen (secondary N) is 1. The highest BCUT2D eigenvalue weighted by Gasteiger charge is 2.15. The third kappa shape index (κ3) is 4.46. The van der Waals surface area contributed by atoms with Crippen molar-refractivity contribution in [3.8, 4) is 17.4 Å². The van der Waals surface area contributed by atoms with Gasteiger partial charge in [-0.25, -0.2) is 15.0 Å². The van der Waals surface area contributed by atoms with Crippen molar-refractivity contribution < 1.29 is 4.42 Å². The minimum absolute atomic E-state index is 0.467. The molecule has 0 saturated carbocycles. The quantitative estimate of drug-likeness (QED) is 0.423. The number of anilines is 2.